The van der Waals surface area contributed by atoms with Gasteiger partial charge in [0.2, 0.25) is 5.91 Å². The van der Waals surface area contributed by atoms with Gasteiger partial charge in [0.25, 0.3) is 5.91 Å². The lowest BCUT2D eigenvalue weighted by Gasteiger charge is -2.35. The summed E-state index contributed by atoms with van der Waals surface area (Å²) < 4.78 is 20.2. The lowest BCUT2D eigenvalue weighted by Crippen LogP contribution is -2.42. The quantitative estimate of drug-likeness (QED) is 0.526. The summed E-state index contributed by atoms with van der Waals surface area (Å²) in [5.41, 5.74) is 7.33. The van der Waals surface area contributed by atoms with Crippen LogP contribution in [0.2, 0.25) is 10.0 Å². The highest BCUT2D eigenvalue weighted by Crippen LogP contribution is 2.36. The first kappa shape index (κ1) is 24.9. The number of primary amides is 1. The van der Waals surface area contributed by atoms with Crippen LogP contribution in [-0.4, -0.2) is 49.6 Å². The van der Waals surface area contributed by atoms with Gasteiger partial charge in [-0.3, -0.25) is 14.5 Å². The number of aromatic nitrogens is 1. The summed E-state index contributed by atoms with van der Waals surface area (Å²) >= 11 is 12.6. The van der Waals surface area contributed by atoms with Crippen molar-refractivity contribution in [2.45, 2.75) is 13.0 Å². The van der Waals surface area contributed by atoms with E-state index >= 15 is 0 Å². The molecule has 3 aromatic rings. The zero-order valence-corrected chi connectivity index (χ0v) is 20.6. The summed E-state index contributed by atoms with van der Waals surface area (Å²) in [5, 5.41) is 0.420. The van der Waals surface area contributed by atoms with Crippen molar-refractivity contribution in [1.29, 1.82) is 0 Å². The molecule has 35 heavy (non-hydrogen) atoms. The molecule has 182 valence electrons. The smallest absolute Gasteiger partial charge is 0.263 e. The van der Waals surface area contributed by atoms with Gasteiger partial charge in [-0.05, 0) is 43.3 Å². The summed E-state index contributed by atoms with van der Waals surface area (Å²) in [5.74, 6) is -1.62. The molecule has 2 aromatic carbocycles. The Kier molecular flexibility index (Phi) is 7.25. The summed E-state index contributed by atoms with van der Waals surface area (Å²) in [6.45, 7) is 3.54. The first-order valence-corrected chi connectivity index (χ1v) is 11.6. The third kappa shape index (κ3) is 5.10. The van der Waals surface area contributed by atoms with E-state index in [9.17, 15) is 14.0 Å². The average molecular weight is 517 g/mol. The van der Waals surface area contributed by atoms with Crippen LogP contribution in [0.3, 0.4) is 0 Å². The van der Waals surface area contributed by atoms with Gasteiger partial charge in [-0.25, -0.2) is 9.37 Å². The molecule has 0 aliphatic carbocycles. The number of hydrogen-bond acceptors (Lipinski definition) is 5. The molecule has 0 radical (unpaired) electrons. The van der Waals surface area contributed by atoms with Crippen molar-refractivity contribution in [3.8, 4) is 11.1 Å². The van der Waals surface area contributed by atoms with Crippen molar-refractivity contribution >= 4 is 46.5 Å². The van der Waals surface area contributed by atoms with Crippen LogP contribution >= 0.6 is 23.2 Å². The van der Waals surface area contributed by atoms with E-state index in [0.717, 1.165) is 0 Å². The maximum atomic E-state index is 14.5. The minimum atomic E-state index is -0.720. The zero-order valence-electron chi connectivity index (χ0n) is 19.1. The van der Waals surface area contributed by atoms with Crippen LogP contribution in [0.25, 0.3) is 11.1 Å². The number of ether oxygens (including phenoxy) is 1. The molecule has 0 saturated carbocycles. The van der Waals surface area contributed by atoms with E-state index in [1.54, 1.807) is 24.4 Å². The fourth-order valence-corrected chi connectivity index (χ4v) is 4.46. The normalized spacial score (nSPS) is 15.7. The molecule has 0 bridgehead atoms. The molecule has 7 nitrogen and oxygen atoms in total. The highest BCUT2D eigenvalue weighted by molar-refractivity contribution is 6.34. The van der Waals surface area contributed by atoms with Crippen LogP contribution in [0.15, 0.2) is 48.7 Å². The van der Waals surface area contributed by atoms with Gasteiger partial charge in [0, 0.05) is 48.0 Å². The third-order valence-corrected chi connectivity index (χ3v) is 6.43. The average Bonchev–Trinajstić information content (AvgIpc) is 2.83. The highest BCUT2D eigenvalue weighted by Gasteiger charge is 2.27. The molecule has 1 saturated heterocycles. The highest BCUT2D eigenvalue weighted by atomic mass is 35.5. The number of rotatable bonds is 5. The zero-order chi connectivity index (χ0) is 25.3. The van der Waals surface area contributed by atoms with E-state index < -0.39 is 17.6 Å². The Hall–Kier alpha value is -3.20. The van der Waals surface area contributed by atoms with Crippen LogP contribution in [0, 0.1) is 5.82 Å². The number of nitrogens with zero attached hydrogens (tertiary/aromatic N) is 3. The monoisotopic (exact) mass is 516 g/mol. The van der Waals surface area contributed by atoms with E-state index in [1.165, 1.54) is 30.1 Å². The summed E-state index contributed by atoms with van der Waals surface area (Å²) in [4.78, 5) is 32.8. The molecule has 1 atom stereocenters. The maximum Gasteiger partial charge on any atom is 0.263 e. The Morgan fingerprint density at radius 3 is 2.66 bits per heavy atom. The van der Waals surface area contributed by atoms with Crippen LogP contribution < -0.4 is 15.5 Å². The Morgan fingerprint density at radius 1 is 1.20 bits per heavy atom. The number of hydrogen-bond donors (Lipinski definition) is 1. The Bertz CT molecular complexity index is 1280. The third-order valence-electron chi connectivity index (χ3n) is 5.79. The largest absolute Gasteiger partial charge is 0.375 e. The van der Waals surface area contributed by atoms with Crippen LogP contribution in [-0.2, 0) is 4.74 Å². The van der Waals surface area contributed by atoms with Gasteiger partial charge in [0.1, 0.15) is 5.82 Å². The molecule has 1 aliphatic heterocycles. The number of morpholine rings is 1. The summed E-state index contributed by atoms with van der Waals surface area (Å²) in [7, 11) is 1.52. The Labute approximate surface area is 212 Å². The first-order valence-electron chi connectivity index (χ1n) is 10.9. The van der Waals surface area contributed by atoms with Gasteiger partial charge < -0.3 is 15.4 Å². The molecule has 10 heteroatoms. The molecule has 1 aromatic heterocycles. The van der Waals surface area contributed by atoms with Gasteiger partial charge >= 0.3 is 0 Å². The molecule has 2 N–H and O–H groups in total. The number of pyridine rings is 1. The van der Waals surface area contributed by atoms with E-state index in [0.29, 0.717) is 52.9 Å². The van der Waals surface area contributed by atoms with Crippen molar-refractivity contribution in [2.75, 3.05) is 36.5 Å². The molecule has 1 aliphatic rings. The number of halogens is 3. The van der Waals surface area contributed by atoms with Gasteiger partial charge in [-0.1, -0.05) is 29.3 Å². The van der Waals surface area contributed by atoms with Crippen molar-refractivity contribution in [3.63, 3.8) is 0 Å². The maximum absolute atomic E-state index is 14.5. The van der Waals surface area contributed by atoms with Crippen molar-refractivity contribution in [2.24, 2.45) is 5.73 Å². The minimum Gasteiger partial charge on any atom is -0.375 e. The van der Waals surface area contributed by atoms with Crippen LogP contribution in [0.5, 0.6) is 0 Å². The van der Waals surface area contributed by atoms with E-state index in [4.69, 9.17) is 33.7 Å². The first-order chi connectivity index (χ1) is 16.7. The molecule has 2 heterocycles. The SMILES string of the molecule is C[C@@H]1CN(c2cc(-c3cc(C(N)=O)ccc3Cl)cnc2N(C)C(=O)c2c(F)cccc2Cl)CCO1. The van der Waals surface area contributed by atoms with Crippen molar-refractivity contribution in [3.05, 3.63) is 75.7 Å². The summed E-state index contributed by atoms with van der Waals surface area (Å²) in [6.07, 6.45) is 1.49. The predicted octanol–water partition coefficient (Wildman–Crippen LogP) is 4.80. The number of carbonyl (C=O) groups excluding carboxylic acids is 2. The van der Waals surface area contributed by atoms with Crippen molar-refractivity contribution < 1.29 is 18.7 Å². The van der Waals surface area contributed by atoms with Crippen LogP contribution in [0.1, 0.15) is 27.6 Å². The second kappa shape index (κ2) is 10.2. The summed E-state index contributed by atoms with van der Waals surface area (Å²) in [6, 6.07) is 10.6. The van der Waals surface area contributed by atoms with Gasteiger partial charge in [0.05, 0.1) is 29.0 Å². The van der Waals surface area contributed by atoms with E-state index in [-0.39, 0.29) is 16.7 Å². The van der Waals surface area contributed by atoms with Gasteiger partial charge in [-0.2, -0.15) is 0 Å². The number of carbonyl (C=O) groups is 2. The Balaban J connectivity index is 1.83. The molecule has 0 spiro atoms. The molecule has 2 amide bonds. The predicted molar refractivity (Wildman–Crippen MR) is 135 cm³/mol. The molecule has 1 fully saturated rings. The Morgan fingerprint density at radius 2 is 1.97 bits per heavy atom. The second-order valence-corrected chi connectivity index (χ2v) is 9.03. The standard InChI is InChI=1S/C25H23Cl2FN4O3/c1-14-13-32(8-9-35-14)21-11-16(17-10-15(23(29)33)6-7-18(17)26)12-30-24(21)31(2)25(34)22-19(27)4-3-5-20(22)28/h3-7,10-12,14H,8-9,13H2,1-2H3,(H2,29,33)/t14-/m1/s1. The molecular weight excluding hydrogens is 494 g/mol. The minimum absolute atomic E-state index is 0.00932. The number of anilines is 2. The fraction of sp³-hybridized carbons (Fsp3) is 0.240. The van der Waals surface area contributed by atoms with E-state index in [2.05, 4.69) is 4.98 Å². The second-order valence-electron chi connectivity index (χ2n) is 8.21. The number of amides is 2. The van der Waals surface area contributed by atoms with Crippen LogP contribution in [0.4, 0.5) is 15.9 Å². The lowest BCUT2D eigenvalue weighted by molar-refractivity contribution is 0.0532. The fourth-order valence-electron chi connectivity index (χ4n) is 3.99. The topological polar surface area (TPSA) is 88.8 Å². The van der Waals surface area contributed by atoms with Crippen molar-refractivity contribution in [1.82, 2.24) is 4.98 Å². The molecule has 4 rings (SSSR count). The van der Waals surface area contributed by atoms with E-state index in [1.807, 2.05) is 17.9 Å². The molecule has 0 unspecified atom stereocenters. The molecular formula is C25H23Cl2FN4O3. The number of nitrogens with two attached hydrogens (primary N) is 1. The lowest BCUT2D eigenvalue weighted by atomic mass is 10.0. The van der Waals surface area contributed by atoms with Gasteiger partial charge in [-0.15, -0.1) is 0 Å². The number of benzene rings is 2. The van der Waals surface area contributed by atoms with Gasteiger partial charge in [0.15, 0.2) is 5.82 Å².